The second kappa shape index (κ2) is 15.0. The summed E-state index contributed by atoms with van der Waals surface area (Å²) in [5.74, 6) is 1.13. The number of pyridine rings is 2. The summed E-state index contributed by atoms with van der Waals surface area (Å²) in [7, 11) is 4.08. The van der Waals surface area contributed by atoms with Gasteiger partial charge >= 0.3 is 6.03 Å². The Labute approximate surface area is 261 Å². The quantitative estimate of drug-likeness (QED) is 0.152. The van der Waals surface area contributed by atoms with Gasteiger partial charge in [-0.1, -0.05) is 71.4 Å². The van der Waals surface area contributed by atoms with E-state index >= 15 is 0 Å². The first kappa shape index (κ1) is 32.7. The number of carbonyl (C=O) groups is 1. The average Bonchev–Trinajstić information content (AvgIpc) is 2.99. The number of amides is 2. The van der Waals surface area contributed by atoms with Gasteiger partial charge in [-0.05, 0) is 79.7 Å². The summed E-state index contributed by atoms with van der Waals surface area (Å²) in [5, 5.41) is 4.00. The van der Waals surface area contributed by atoms with Crippen LogP contribution in [0.3, 0.4) is 0 Å². The molecular formula is C36H47N5O3. The van der Waals surface area contributed by atoms with Gasteiger partial charge in [0.25, 0.3) is 5.56 Å². The number of nitrogens with zero attached hydrogens (tertiary/aromatic N) is 3. The number of anilines is 2. The Morgan fingerprint density at radius 2 is 1.66 bits per heavy atom. The predicted octanol–water partition coefficient (Wildman–Crippen LogP) is 8.01. The van der Waals surface area contributed by atoms with E-state index in [4.69, 9.17) is 4.74 Å². The molecule has 0 aliphatic heterocycles. The molecule has 2 N–H and O–H groups in total. The van der Waals surface area contributed by atoms with Gasteiger partial charge in [0.1, 0.15) is 17.1 Å². The highest BCUT2D eigenvalue weighted by molar-refractivity contribution is 6.09. The number of ether oxygens (including phenoxy) is 1. The number of unbranched alkanes of at least 4 members (excludes halogenated alkanes) is 1. The average molecular weight is 598 g/mol. The van der Waals surface area contributed by atoms with Crippen LogP contribution in [0, 0.1) is 0 Å². The molecule has 2 aromatic heterocycles. The van der Waals surface area contributed by atoms with E-state index in [0.717, 1.165) is 53.6 Å². The highest BCUT2D eigenvalue weighted by atomic mass is 16.5. The molecular weight excluding hydrogens is 550 g/mol. The van der Waals surface area contributed by atoms with E-state index in [-0.39, 0.29) is 23.4 Å². The number of hydrogen-bond acceptors (Lipinski definition) is 5. The third-order valence-corrected chi connectivity index (χ3v) is 7.76. The van der Waals surface area contributed by atoms with Crippen LogP contribution >= 0.6 is 0 Å². The first-order chi connectivity index (χ1) is 21.1. The van der Waals surface area contributed by atoms with Gasteiger partial charge in [0.05, 0.1) is 6.61 Å². The van der Waals surface area contributed by atoms with Crippen LogP contribution in [-0.4, -0.2) is 54.7 Å². The van der Waals surface area contributed by atoms with E-state index in [2.05, 4.69) is 66.9 Å². The summed E-state index contributed by atoms with van der Waals surface area (Å²) in [4.78, 5) is 39.4. The lowest BCUT2D eigenvalue weighted by molar-refractivity contribution is 0.256. The molecule has 2 amide bonds. The molecule has 4 rings (SSSR count). The Balaban J connectivity index is 1.85. The summed E-state index contributed by atoms with van der Waals surface area (Å²) in [6, 6.07) is 17.4. The topological polar surface area (TPSA) is 90.6 Å². The highest BCUT2D eigenvalue weighted by Gasteiger charge is 2.27. The number of nitrogens with one attached hydrogen (secondary N) is 2. The smallest absolute Gasteiger partial charge is 0.326 e. The molecule has 0 fully saturated rings. The van der Waals surface area contributed by atoms with Crippen molar-refractivity contribution in [3.8, 4) is 16.9 Å². The minimum Gasteiger partial charge on any atom is -0.494 e. The Morgan fingerprint density at radius 1 is 0.955 bits per heavy atom. The molecule has 234 valence electrons. The molecule has 44 heavy (non-hydrogen) atoms. The minimum absolute atomic E-state index is 0.208. The van der Waals surface area contributed by atoms with E-state index in [1.54, 1.807) is 11.1 Å². The summed E-state index contributed by atoms with van der Waals surface area (Å²) in [6.07, 6.45) is 4.14. The third kappa shape index (κ3) is 7.66. The fraction of sp³-hybridized carbons (Fsp3) is 0.417. The van der Waals surface area contributed by atoms with Crippen LogP contribution < -0.4 is 20.5 Å². The summed E-state index contributed by atoms with van der Waals surface area (Å²) in [6.45, 7) is 12.5. The van der Waals surface area contributed by atoms with Gasteiger partial charge in [-0.25, -0.2) is 9.78 Å². The number of urea groups is 1. The predicted molar refractivity (Wildman–Crippen MR) is 182 cm³/mol. The molecule has 0 aliphatic rings. The van der Waals surface area contributed by atoms with Crippen LogP contribution in [0.25, 0.3) is 22.2 Å². The van der Waals surface area contributed by atoms with Crippen molar-refractivity contribution in [1.29, 1.82) is 0 Å². The van der Waals surface area contributed by atoms with Crippen molar-refractivity contribution in [3.63, 3.8) is 0 Å². The van der Waals surface area contributed by atoms with Crippen molar-refractivity contribution < 1.29 is 9.53 Å². The standard InChI is InChI=1S/C36H47N5O3/c1-8-9-21-41(36(43)38-32-28(24(2)3)16-11-17-29(32)25(4)5)33-31(30-18-12-19-37-34(30)39-35(33)42)26-14-10-15-27(23-26)44-22-13-20-40(6)7/h10-12,14-19,23-25H,8-9,13,20-22H2,1-7H3,(H,38,43)(H,37,39,42). The maximum absolute atomic E-state index is 14.4. The number of aromatic amines is 1. The number of benzene rings is 2. The maximum Gasteiger partial charge on any atom is 0.326 e. The lowest BCUT2D eigenvalue weighted by Gasteiger charge is -2.28. The lowest BCUT2D eigenvalue weighted by atomic mass is 9.92. The molecule has 8 heteroatoms. The van der Waals surface area contributed by atoms with Crippen molar-refractivity contribution in [1.82, 2.24) is 14.9 Å². The van der Waals surface area contributed by atoms with Crippen molar-refractivity contribution in [2.45, 2.75) is 65.7 Å². The van der Waals surface area contributed by atoms with E-state index in [0.29, 0.717) is 35.8 Å². The molecule has 2 aromatic carbocycles. The van der Waals surface area contributed by atoms with Crippen LogP contribution in [0.15, 0.2) is 65.6 Å². The fourth-order valence-corrected chi connectivity index (χ4v) is 5.48. The molecule has 4 aromatic rings. The number of para-hydroxylation sites is 1. The van der Waals surface area contributed by atoms with Gasteiger partial charge in [-0.15, -0.1) is 0 Å². The number of carbonyl (C=O) groups excluding carboxylic acids is 1. The minimum atomic E-state index is -0.365. The van der Waals surface area contributed by atoms with E-state index in [1.807, 2.05) is 56.6 Å². The zero-order valence-electron chi connectivity index (χ0n) is 27.2. The molecule has 0 radical (unpaired) electrons. The first-order valence-electron chi connectivity index (χ1n) is 15.7. The Hall–Kier alpha value is -4.17. The monoisotopic (exact) mass is 597 g/mol. The fourth-order valence-electron chi connectivity index (χ4n) is 5.48. The molecule has 0 atom stereocenters. The van der Waals surface area contributed by atoms with Gasteiger partial charge in [0, 0.05) is 35.9 Å². The Bertz CT molecular complexity index is 1600. The largest absolute Gasteiger partial charge is 0.494 e. The van der Waals surface area contributed by atoms with Crippen LogP contribution in [0.5, 0.6) is 5.75 Å². The molecule has 2 heterocycles. The van der Waals surface area contributed by atoms with Gasteiger partial charge < -0.3 is 19.9 Å². The molecule has 8 nitrogen and oxygen atoms in total. The summed E-state index contributed by atoms with van der Waals surface area (Å²) in [5.41, 5.74) is 4.79. The summed E-state index contributed by atoms with van der Waals surface area (Å²) >= 11 is 0. The Morgan fingerprint density at radius 3 is 2.32 bits per heavy atom. The summed E-state index contributed by atoms with van der Waals surface area (Å²) < 4.78 is 6.10. The SMILES string of the molecule is CCCCN(C(=O)Nc1c(C(C)C)cccc1C(C)C)c1c(-c2cccc(OCCCN(C)C)c2)c2cccnc2[nH]c1=O. The maximum atomic E-state index is 14.4. The number of aromatic nitrogens is 2. The van der Waals surface area contributed by atoms with Crippen LogP contribution in [0.2, 0.25) is 0 Å². The lowest BCUT2D eigenvalue weighted by Crippen LogP contribution is -2.40. The molecule has 0 saturated carbocycles. The third-order valence-electron chi connectivity index (χ3n) is 7.76. The highest BCUT2D eigenvalue weighted by Crippen LogP contribution is 2.37. The van der Waals surface area contributed by atoms with E-state index < -0.39 is 0 Å². The van der Waals surface area contributed by atoms with Gasteiger partial charge in [-0.2, -0.15) is 0 Å². The van der Waals surface area contributed by atoms with E-state index in [9.17, 15) is 9.59 Å². The molecule has 0 spiro atoms. The number of H-pyrrole nitrogens is 1. The van der Waals surface area contributed by atoms with Crippen LogP contribution in [0.1, 0.15) is 76.8 Å². The number of rotatable bonds is 13. The van der Waals surface area contributed by atoms with Crippen LogP contribution in [0.4, 0.5) is 16.2 Å². The van der Waals surface area contributed by atoms with Crippen molar-refractivity contribution in [2.75, 3.05) is 44.0 Å². The van der Waals surface area contributed by atoms with Gasteiger partial charge in [-0.3, -0.25) is 9.69 Å². The van der Waals surface area contributed by atoms with Gasteiger partial charge in [0.2, 0.25) is 0 Å². The number of hydrogen-bond donors (Lipinski definition) is 2. The molecule has 0 aliphatic carbocycles. The molecule has 0 saturated heterocycles. The normalized spacial score (nSPS) is 11.5. The second-order valence-corrected chi connectivity index (χ2v) is 12.2. The van der Waals surface area contributed by atoms with Gasteiger partial charge in [0.15, 0.2) is 0 Å². The zero-order chi connectivity index (χ0) is 31.8. The number of fused-ring (bicyclic) bond motifs is 1. The zero-order valence-corrected chi connectivity index (χ0v) is 27.2. The Kier molecular flexibility index (Phi) is 11.2. The van der Waals surface area contributed by atoms with Crippen molar-refractivity contribution in [3.05, 3.63) is 82.3 Å². The van der Waals surface area contributed by atoms with Crippen LogP contribution in [-0.2, 0) is 0 Å². The van der Waals surface area contributed by atoms with E-state index in [1.165, 1.54) is 0 Å². The molecule has 0 unspecified atom stereocenters. The van der Waals surface area contributed by atoms with Crippen molar-refractivity contribution in [2.24, 2.45) is 0 Å². The second-order valence-electron chi connectivity index (χ2n) is 12.2. The van der Waals surface area contributed by atoms with Crippen molar-refractivity contribution >= 4 is 28.4 Å². The first-order valence-corrected chi connectivity index (χ1v) is 15.7. The molecule has 0 bridgehead atoms.